The van der Waals surface area contributed by atoms with E-state index in [4.69, 9.17) is 10.5 Å². The maximum atomic E-state index is 13.2. The van der Waals surface area contributed by atoms with Crippen LogP contribution >= 0.6 is 0 Å². The molecule has 1 aromatic carbocycles. The van der Waals surface area contributed by atoms with Gasteiger partial charge in [0.05, 0.1) is 37.3 Å². The van der Waals surface area contributed by atoms with Crippen molar-refractivity contribution in [3.8, 4) is 6.07 Å². The van der Waals surface area contributed by atoms with Gasteiger partial charge in [-0.15, -0.1) is 0 Å². The fraction of sp³-hybridized carbons (Fsp3) is 0.455. The number of nitrogens with one attached hydrogen (secondary N) is 1. The van der Waals surface area contributed by atoms with E-state index >= 15 is 0 Å². The van der Waals surface area contributed by atoms with Gasteiger partial charge in [0.15, 0.2) is 5.82 Å². The van der Waals surface area contributed by atoms with E-state index in [2.05, 4.69) is 16.5 Å². The molecule has 0 radical (unpaired) electrons. The van der Waals surface area contributed by atoms with Crippen molar-refractivity contribution in [3.63, 3.8) is 0 Å². The van der Waals surface area contributed by atoms with E-state index in [9.17, 15) is 24.3 Å². The molecular weight excluding hydrogens is 431 g/mol. The molecule has 2 saturated heterocycles. The Morgan fingerprint density at radius 2 is 2.09 bits per heavy atom. The molecule has 0 aliphatic carbocycles. The van der Waals surface area contributed by atoms with E-state index in [0.717, 1.165) is 0 Å². The summed E-state index contributed by atoms with van der Waals surface area (Å²) in [7, 11) is 0. The molecule has 11 heteroatoms. The lowest BCUT2D eigenvalue weighted by atomic mass is 9.74. The fourth-order valence-electron chi connectivity index (χ4n) is 4.59. The smallest absolute Gasteiger partial charge is 0.407 e. The van der Waals surface area contributed by atoms with E-state index < -0.39 is 35.8 Å². The van der Waals surface area contributed by atoms with Crippen LogP contribution in [0.3, 0.4) is 0 Å². The highest BCUT2D eigenvalue weighted by molar-refractivity contribution is 5.98. The normalized spacial score (nSPS) is 23.9. The van der Waals surface area contributed by atoms with Crippen LogP contribution in [0.5, 0.6) is 0 Å². The van der Waals surface area contributed by atoms with Crippen LogP contribution in [0, 0.1) is 28.5 Å². The maximum absolute atomic E-state index is 13.2. The van der Waals surface area contributed by atoms with Gasteiger partial charge in [0.2, 0.25) is 0 Å². The van der Waals surface area contributed by atoms with Crippen molar-refractivity contribution in [2.24, 2.45) is 17.1 Å². The standard InChI is InChI=1S/C22H25FN6O4/c1-22(11-33-12-22)8-18-15(9-24)17(6-7-28(18)21(31)32)29-10-16(19(25)30)20(27-29)26-14-4-2-13(23)3-5-14/h2-5,10,15,17-18H,6-8,11-12H2,1H3,(H2,25,30)(H,26,27)(H,31,32). The number of hydrogen-bond acceptors (Lipinski definition) is 6. The van der Waals surface area contributed by atoms with Crippen LogP contribution in [0.25, 0.3) is 0 Å². The van der Waals surface area contributed by atoms with E-state index in [-0.39, 0.29) is 23.3 Å². The van der Waals surface area contributed by atoms with Crippen LogP contribution in [0.15, 0.2) is 30.5 Å². The fourth-order valence-corrected chi connectivity index (χ4v) is 4.59. The number of primary amides is 1. The molecule has 2 aliphatic rings. The molecule has 0 spiro atoms. The van der Waals surface area contributed by atoms with Gasteiger partial charge in [0.1, 0.15) is 11.4 Å². The second-order valence-corrected chi connectivity index (χ2v) is 8.93. The number of benzene rings is 1. The predicted molar refractivity (Wildman–Crippen MR) is 115 cm³/mol. The molecule has 0 saturated carbocycles. The number of anilines is 2. The monoisotopic (exact) mass is 456 g/mol. The molecule has 2 amide bonds. The molecule has 3 heterocycles. The number of hydrogen-bond donors (Lipinski definition) is 3. The number of nitriles is 1. The number of amides is 2. The van der Waals surface area contributed by atoms with Crippen molar-refractivity contribution in [2.45, 2.75) is 31.8 Å². The predicted octanol–water partition coefficient (Wildman–Crippen LogP) is 2.72. The van der Waals surface area contributed by atoms with Gasteiger partial charge in [0, 0.05) is 23.8 Å². The van der Waals surface area contributed by atoms with Crippen molar-refractivity contribution >= 4 is 23.5 Å². The van der Waals surface area contributed by atoms with Crippen molar-refractivity contribution < 1.29 is 23.8 Å². The summed E-state index contributed by atoms with van der Waals surface area (Å²) in [4.78, 5) is 25.3. The molecule has 2 aliphatic heterocycles. The highest BCUT2D eigenvalue weighted by Gasteiger charge is 2.47. The Balaban J connectivity index is 1.65. The molecule has 10 nitrogen and oxygen atoms in total. The van der Waals surface area contributed by atoms with Crippen LogP contribution in [-0.2, 0) is 4.74 Å². The maximum Gasteiger partial charge on any atom is 0.407 e. The number of carbonyl (C=O) groups excluding carboxylic acids is 1. The Kier molecular flexibility index (Phi) is 5.95. The molecule has 174 valence electrons. The van der Waals surface area contributed by atoms with Crippen LogP contribution in [0.2, 0.25) is 0 Å². The third kappa shape index (κ3) is 4.47. The SMILES string of the molecule is CC1(CC2C(C#N)C(n3cc(C(N)=O)c(Nc4ccc(F)cc4)n3)CCN2C(=O)O)COC1. The van der Waals surface area contributed by atoms with Crippen molar-refractivity contribution in [3.05, 3.63) is 41.8 Å². The number of ether oxygens (including phenoxy) is 1. The zero-order valence-corrected chi connectivity index (χ0v) is 18.1. The lowest BCUT2D eigenvalue weighted by Gasteiger charge is -2.47. The first-order chi connectivity index (χ1) is 15.7. The minimum Gasteiger partial charge on any atom is -0.465 e. The molecule has 2 aromatic rings. The minimum absolute atomic E-state index is 0.118. The molecule has 3 unspecified atom stereocenters. The Bertz CT molecular complexity index is 1090. The van der Waals surface area contributed by atoms with Crippen LogP contribution in [0.1, 0.15) is 36.2 Å². The molecule has 4 N–H and O–H groups in total. The second kappa shape index (κ2) is 8.71. The minimum atomic E-state index is -1.07. The first-order valence-electron chi connectivity index (χ1n) is 10.6. The summed E-state index contributed by atoms with van der Waals surface area (Å²) in [5.41, 5.74) is 5.97. The summed E-state index contributed by atoms with van der Waals surface area (Å²) in [6.07, 6.45) is 1.24. The summed E-state index contributed by atoms with van der Waals surface area (Å²) in [5, 5.41) is 27.2. The van der Waals surface area contributed by atoms with Gasteiger partial charge in [-0.3, -0.25) is 9.48 Å². The Labute approximate surface area is 189 Å². The summed E-state index contributed by atoms with van der Waals surface area (Å²) >= 11 is 0. The van der Waals surface area contributed by atoms with Crippen molar-refractivity contribution in [2.75, 3.05) is 25.1 Å². The molecule has 2 fully saturated rings. The van der Waals surface area contributed by atoms with E-state index in [1.807, 2.05) is 6.92 Å². The number of aromatic nitrogens is 2. The zero-order chi connectivity index (χ0) is 23.8. The molecule has 3 atom stereocenters. The van der Waals surface area contributed by atoms with Crippen LogP contribution in [0.4, 0.5) is 20.7 Å². The number of piperidine rings is 1. The number of nitrogens with zero attached hydrogens (tertiary/aromatic N) is 4. The van der Waals surface area contributed by atoms with Crippen LogP contribution in [-0.4, -0.2) is 57.6 Å². The number of nitrogens with two attached hydrogens (primary N) is 1. The largest absolute Gasteiger partial charge is 0.465 e. The number of likely N-dealkylation sites (tertiary alicyclic amines) is 1. The summed E-state index contributed by atoms with van der Waals surface area (Å²) in [6.45, 7) is 3.27. The summed E-state index contributed by atoms with van der Waals surface area (Å²) in [5.74, 6) is -1.62. The highest BCUT2D eigenvalue weighted by Crippen LogP contribution is 2.41. The lowest BCUT2D eigenvalue weighted by molar-refractivity contribution is -0.120. The number of halogens is 1. The number of carboxylic acid groups (broad SMARTS) is 1. The van der Waals surface area contributed by atoms with Crippen LogP contribution < -0.4 is 11.1 Å². The molecule has 4 rings (SSSR count). The summed E-state index contributed by atoms with van der Waals surface area (Å²) in [6, 6.07) is 6.82. The highest BCUT2D eigenvalue weighted by atomic mass is 19.1. The second-order valence-electron chi connectivity index (χ2n) is 8.93. The topological polar surface area (TPSA) is 146 Å². The third-order valence-corrected chi connectivity index (χ3v) is 6.34. The van der Waals surface area contributed by atoms with Crippen molar-refractivity contribution in [1.29, 1.82) is 5.26 Å². The van der Waals surface area contributed by atoms with Gasteiger partial charge < -0.3 is 25.8 Å². The Hall–Kier alpha value is -3.65. The van der Waals surface area contributed by atoms with E-state index in [1.54, 1.807) is 0 Å². The number of rotatable bonds is 6. The van der Waals surface area contributed by atoms with E-state index in [0.29, 0.717) is 31.7 Å². The van der Waals surface area contributed by atoms with Gasteiger partial charge in [-0.05, 0) is 37.1 Å². The van der Waals surface area contributed by atoms with Gasteiger partial charge >= 0.3 is 6.09 Å². The molecule has 1 aromatic heterocycles. The number of carbonyl (C=O) groups is 2. The first kappa shape index (κ1) is 22.5. The zero-order valence-electron chi connectivity index (χ0n) is 18.1. The quantitative estimate of drug-likeness (QED) is 0.605. The lowest BCUT2D eigenvalue weighted by Crippen LogP contribution is -2.55. The molecule has 33 heavy (non-hydrogen) atoms. The first-order valence-corrected chi connectivity index (χ1v) is 10.6. The molecule has 0 bridgehead atoms. The van der Waals surface area contributed by atoms with Crippen molar-refractivity contribution in [1.82, 2.24) is 14.7 Å². The molecular formula is C22H25FN6O4. The average Bonchev–Trinajstić information content (AvgIpc) is 3.17. The van der Waals surface area contributed by atoms with Gasteiger partial charge in [-0.25, -0.2) is 9.18 Å². The average molecular weight is 456 g/mol. The van der Waals surface area contributed by atoms with E-state index in [1.165, 1.54) is 40.0 Å². The Morgan fingerprint density at radius 1 is 1.39 bits per heavy atom. The summed E-state index contributed by atoms with van der Waals surface area (Å²) < 4.78 is 20.1. The van der Waals surface area contributed by atoms with Gasteiger partial charge in [0.25, 0.3) is 5.91 Å². The Morgan fingerprint density at radius 3 is 2.64 bits per heavy atom. The van der Waals surface area contributed by atoms with Gasteiger partial charge in [-0.1, -0.05) is 6.92 Å². The van der Waals surface area contributed by atoms with Gasteiger partial charge in [-0.2, -0.15) is 10.4 Å². The third-order valence-electron chi connectivity index (χ3n) is 6.34.